The maximum absolute atomic E-state index is 11.9. The van der Waals surface area contributed by atoms with Crippen LogP contribution in [0.1, 0.15) is 12.5 Å². The molecule has 0 radical (unpaired) electrons. The highest BCUT2D eigenvalue weighted by Crippen LogP contribution is 2.43. The second-order valence-electron chi connectivity index (χ2n) is 9.79. The molecule has 5 heterocycles. The van der Waals surface area contributed by atoms with Gasteiger partial charge in [0, 0.05) is 44.5 Å². The van der Waals surface area contributed by atoms with Crippen molar-refractivity contribution in [3.05, 3.63) is 66.9 Å². The number of amides is 1. The molecule has 0 aliphatic carbocycles. The number of rotatable bonds is 4. The van der Waals surface area contributed by atoms with Gasteiger partial charge in [-0.15, -0.1) is 0 Å². The summed E-state index contributed by atoms with van der Waals surface area (Å²) in [6.45, 7) is 6.22. The van der Waals surface area contributed by atoms with E-state index in [0.29, 0.717) is 31.3 Å². The maximum Gasteiger partial charge on any atom is 0.219 e. The molecular weight excluding hydrogens is 496 g/mol. The van der Waals surface area contributed by atoms with E-state index >= 15 is 0 Å². The molecule has 1 fully saturated rings. The third-order valence-electron chi connectivity index (χ3n) is 7.31. The number of anilines is 3. The van der Waals surface area contributed by atoms with E-state index in [4.69, 9.17) is 9.47 Å². The molecule has 5 aromatic rings. The van der Waals surface area contributed by atoms with Crippen LogP contribution in [0.2, 0.25) is 0 Å². The van der Waals surface area contributed by atoms with Crippen LogP contribution >= 0.6 is 0 Å². The van der Waals surface area contributed by atoms with Crippen molar-refractivity contribution < 1.29 is 14.3 Å². The Balaban J connectivity index is 1.17. The average molecular weight is 523 g/mol. The summed E-state index contributed by atoms with van der Waals surface area (Å²) in [5, 5.41) is 8.42. The predicted octanol–water partition coefficient (Wildman–Crippen LogP) is 3.95. The molecule has 11 heteroatoms. The molecule has 1 saturated heterocycles. The Hall–Kier alpha value is -4.93. The van der Waals surface area contributed by atoms with Crippen molar-refractivity contribution in [2.24, 2.45) is 0 Å². The van der Waals surface area contributed by atoms with E-state index in [-0.39, 0.29) is 11.9 Å². The van der Waals surface area contributed by atoms with Gasteiger partial charge in [-0.25, -0.2) is 19.5 Å². The van der Waals surface area contributed by atoms with Crippen LogP contribution in [0.25, 0.3) is 16.6 Å². The zero-order chi connectivity index (χ0) is 26.5. The molecule has 0 bridgehead atoms. The number of fused-ring (bicyclic) bond motifs is 6. The van der Waals surface area contributed by atoms with Gasteiger partial charge in [-0.3, -0.25) is 4.79 Å². The van der Waals surface area contributed by atoms with Crippen molar-refractivity contribution in [1.82, 2.24) is 29.5 Å². The molecule has 196 valence electrons. The molecule has 0 spiro atoms. The summed E-state index contributed by atoms with van der Waals surface area (Å²) in [6.07, 6.45) is 4.88. The zero-order valence-corrected chi connectivity index (χ0v) is 21.5. The van der Waals surface area contributed by atoms with Gasteiger partial charge in [-0.1, -0.05) is 0 Å². The van der Waals surface area contributed by atoms with Gasteiger partial charge in [-0.05, 0) is 48.9 Å². The standard InChI is InChI=1S/C28H26N8O3/c1-17-11-19(3-6-24(17)39-21-7-8-36-25(12-21)30-16-32-36)33-28-26-22(29-15-31-28)4-5-23-27(26)38-14-20-13-34(18(2)37)9-10-35(20)23/h3-8,11-12,15-16,20H,9-10,13-14H2,1-2H3,(H,29,31,33). The molecule has 2 aliphatic rings. The molecule has 3 aromatic heterocycles. The van der Waals surface area contributed by atoms with Gasteiger partial charge in [-0.2, -0.15) is 5.10 Å². The Morgan fingerprint density at radius 3 is 2.87 bits per heavy atom. The average Bonchev–Trinajstić information content (AvgIpc) is 3.42. The summed E-state index contributed by atoms with van der Waals surface area (Å²) in [5.74, 6) is 2.97. The normalized spacial score (nSPS) is 16.5. The van der Waals surface area contributed by atoms with Gasteiger partial charge in [0.15, 0.2) is 11.4 Å². The number of ether oxygens (including phenoxy) is 2. The fourth-order valence-corrected chi connectivity index (χ4v) is 5.32. The number of benzene rings is 2. The summed E-state index contributed by atoms with van der Waals surface area (Å²) in [5.41, 5.74) is 4.35. The molecule has 0 saturated carbocycles. The predicted molar refractivity (Wildman–Crippen MR) is 146 cm³/mol. The topological polar surface area (TPSA) is 110 Å². The smallest absolute Gasteiger partial charge is 0.219 e. The number of pyridine rings is 1. The number of hydrogen-bond acceptors (Lipinski definition) is 9. The van der Waals surface area contributed by atoms with E-state index in [1.807, 2.05) is 54.4 Å². The lowest BCUT2D eigenvalue weighted by atomic mass is 10.1. The minimum Gasteiger partial charge on any atom is -0.488 e. The summed E-state index contributed by atoms with van der Waals surface area (Å²) in [6, 6.07) is 13.8. The lowest BCUT2D eigenvalue weighted by Gasteiger charge is -2.45. The van der Waals surface area contributed by atoms with Crippen molar-refractivity contribution in [2.75, 3.05) is 36.5 Å². The highest BCUT2D eigenvalue weighted by Gasteiger charge is 2.35. The number of hydrogen-bond donors (Lipinski definition) is 1. The quantitative estimate of drug-likeness (QED) is 0.375. The second kappa shape index (κ2) is 9.12. The van der Waals surface area contributed by atoms with Crippen LogP contribution in [0, 0.1) is 6.92 Å². The van der Waals surface area contributed by atoms with Gasteiger partial charge in [0.05, 0.1) is 22.6 Å². The van der Waals surface area contributed by atoms with E-state index in [1.165, 1.54) is 6.33 Å². The van der Waals surface area contributed by atoms with E-state index < -0.39 is 0 Å². The third-order valence-corrected chi connectivity index (χ3v) is 7.31. The number of carbonyl (C=O) groups is 1. The van der Waals surface area contributed by atoms with Crippen LogP contribution in [-0.4, -0.2) is 67.7 Å². The molecule has 1 unspecified atom stereocenters. The molecule has 7 rings (SSSR count). The van der Waals surface area contributed by atoms with Crippen LogP contribution in [-0.2, 0) is 4.79 Å². The van der Waals surface area contributed by atoms with Crippen molar-refractivity contribution in [2.45, 2.75) is 19.9 Å². The second-order valence-corrected chi connectivity index (χ2v) is 9.79. The van der Waals surface area contributed by atoms with Crippen molar-refractivity contribution in [3.8, 4) is 17.2 Å². The molecule has 2 aromatic carbocycles. The van der Waals surface area contributed by atoms with Crippen LogP contribution in [0.15, 0.2) is 61.3 Å². The van der Waals surface area contributed by atoms with Gasteiger partial charge >= 0.3 is 0 Å². The van der Waals surface area contributed by atoms with E-state index in [2.05, 4.69) is 36.3 Å². The minimum atomic E-state index is 0.0990. The molecule has 1 atom stereocenters. The minimum absolute atomic E-state index is 0.0990. The fraction of sp³-hybridized carbons (Fsp3) is 0.250. The van der Waals surface area contributed by atoms with Gasteiger partial charge < -0.3 is 24.6 Å². The van der Waals surface area contributed by atoms with E-state index in [1.54, 1.807) is 17.8 Å². The summed E-state index contributed by atoms with van der Waals surface area (Å²) in [7, 11) is 0. The van der Waals surface area contributed by atoms with Crippen LogP contribution in [0.4, 0.5) is 17.2 Å². The number of nitrogens with one attached hydrogen (secondary N) is 1. The Morgan fingerprint density at radius 2 is 2.00 bits per heavy atom. The summed E-state index contributed by atoms with van der Waals surface area (Å²) in [4.78, 5) is 29.4. The van der Waals surface area contributed by atoms with Gasteiger partial charge in [0.1, 0.15) is 36.6 Å². The first-order valence-electron chi connectivity index (χ1n) is 12.8. The largest absolute Gasteiger partial charge is 0.488 e. The lowest BCUT2D eigenvalue weighted by Crippen LogP contribution is -2.58. The van der Waals surface area contributed by atoms with Crippen LogP contribution < -0.4 is 19.7 Å². The zero-order valence-electron chi connectivity index (χ0n) is 21.5. The van der Waals surface area contributed by atoms with Crippen molar-refractivity contribution in [1.29, 1.82) is 0 Å². The van der Waals surface area contributed by atoms with Gasteiger partial charge in [0.25, 0.3) is 0 Å². The first-order valence-corrected chi connectivity index (χ1v) is 12.8. The maximum atomic E-state index is 11.9. The number of aromatic nitrogens is 5. The Kier molecular flexibility index (Phi) is 5.43. The van der Waals surface area contributed by atoms with Crippen LogP contribution in [0.3, 0.4) is 0 Å². The molecular formula is C28H26N8O3. The van der Waals surface area contributed by atoms with Gasteiger partial charge in [0.2, 0.25) is 5.91 Å². The monoisotopic (exact) mass is 522 g/mol. The number of piperazine rings is 1. The number of carbonyl (C=O) groups excluding carboxylic acids is 1. The van der Waals surface area contributed by atoms with Crippen molar-refractivity contribution >= 4 is 39.6 Å². The van der Waals surface area contributed by atoms with Crippen molar-refractivity contribution in [3.63, 3.8) is 0 Å². The summed E-state index contributed by atoms with van der Waals surface area (Å²) >= 11 is 0. The SMILES string of the molecule is CC(=O)N1CCN2c3ccc4ncnc(Nc5ccc(Oc6ccn7ncnc7c6)c(C)c5)c4c3OCC2C1. The van der Waals surface area contributed by atoms with E-state index in [9.17, 15) is 4.79 Å². The molecule has 11 nitrogen and oxygen atoms in total. The molecule has 2 aliphatic heterocycles. The van der Waals surface area contributed by atoms with E-state index in [0.717, 1.165) is 51.5 Å². The number of aryl methyl sites for hydroxylation is 1. The lowest BCUT2D eigenvalue weighted by molar-refractivity contribution is -0.129. The third kappa shape index (κ3) is 4.12. The highest BCUT2D eigenvalue weighted by molar-refractivity contribution is 6.00. The Morgan fingerprint density at radius 1 is 1.08 bits per heavy atom. The summed E-state index contributed by atoms with van der Waals surface area (Å²) < 4.78 is 14.1. The molecule has 1 N–H and O–H groups in total. The molecule has 39 heavy (non-hydrogen) atoms. The highest BCUT2D eigenvalue weighted by atomic mass is 16.5. The fourth-order valence-electron chi connectivity index (χ4n) is 5.32. The van der Waals surface area contributed by atoms with Crippen LogP contribution in [0.5, 0.6) is 17.2 Å². The first-order chi connectivity index (χ1) is 19.0. The first kappa shape index (κ1) is 23.2. The molecule has 1 amide bonds. The Labute approximate surface area is 224 Å². The Bertz CT molecular complexity index is 1740. The number of nitrogens with zero attached hydrogens (tertiary/aromatic N) is 7.